The average molecular weight is 316 g/mol. The molecule has 0 N–H and O–H groups in total. The Morgan fingerprint density at radius 1 is 1.24 bits per heavy atom. The van der Waals surface area contributed by atoms with E-state index < -0.39 is 11.6 Å². The number of halogens is 3. The summed E-state index contributed by atoms with van der Waals surface area (Å²) in [5.41, 5.74) is 0.999. The highest BCUT2D eigenvalue weighted by molar-refractivity contribution is 9.10. The van der Waals surface area contributed by atoms with Crippen molar-refractivity contribution >= 4 is 27.7 Å². The average Bonchev–Trinajstić information content (AvgIpc) is 2.30. The van der Waals surface area contributed by atoms with E-state index >= 15 is 0 Å². The van der Waals surface area contributed by atoms with Gasteiger partial charge in [-0.15, -0.1) is 0 Å². The van der Waals surface area contributed by atoms with Crippen molar-refractivity contribution in [2.45, 2.75) is 16.8 Å². The molecule has 0 atom stereocenters. The first-order chi connectivity index (χ1) is 8.08. The van der Waals surface area contributed by atoms with Crippen LogP contribution in [0.3, 0.4) is 0 Å². The first-order valence-corrected chi connectivity index (χ1v) is 6.43. The lowest BCUT2D eigenvalue weighted by atomic mass is 10.3. The first kappa shape index (κ1) is 12.5. The van der Waals surface area contributed by atoms with E-state index in [-0.39, 0.29) is 4.90 Å². The van der Waals surface area contributed by atoms with Gasteiger partial charge >= 0.3 is 0 Å². The number of aryl methyl sites for hydroxylation is 1. The van der Waals surface area contributed by atoms with Crippen LogP contribution in [0, 0.1) is 18.6 Å². The van der Waals surface area contributed by atoms with Gasteiger partial charge in [0.15, 0.2) is 0 Å². The normalized spacial score (nSPS) is 10.6. The Labute approximate surface area is 110 Å². The number of hydrogen-bond acceptors (Lipinski definition) is 2. The van der Waals surface area contributed by atoms with Crippen LogP contribution in [0.2, 0.25) is 0 Å². The molecule has 1 nitrogen and oxygen atoms in total. The highest BCUT2D eigenvalue weighted by atomic mass is 79.9. The maximum absolute atomic E-state index is 13.5. The summed E-state index contributed by atoms with van der Waals surface area (Å²) in [5.74, 6) is -0.913. The predicted molar refractivity (Wildman–Crippen MR) is 67.2 cm³/mol. The molecule has 1 aromatic heterocycles. The van der Waals surface area contributed by atoms with Crippen LogP contribution in [0.25, 0.3) is 0 Å². The van der Waals surface area contributed by atoms with Crippen LogP contribution in [-0.4, -0.2) is 4.98 Å². The summed E-state index contributed by atoms with van der Waals surface area (Å²) in [6.45, 7) is 1.91. The van der Waals surface area contributed by atoms with Crippen LogP contribution in [0.5, 0.6) is 0 Å². The standard InChI is InChI=1S/C12H8BrF2NS/c1-7-4-5-16-12(11(7)13)17-10-6-8(14)2-3-9(10)15/h2-6H,1H3. The van der Waals surface area contributed by atoms with Gasteiger partial charge in [0.25, 0.3) is 0 Å². The highest BCUT2D eigenvalue weighted by Crippen LogP contribution is 2.34. The molecule has 0 saturated carbocycles. The molecule has 0 fully saturated rings. The second kappa shape index (κ2) is 5.14. The van der Waals surface area contributed by atoms with Crippen molar-refractivity contribution in [1.29, 1.82) is 0 Å². The fourth-order valence-electron chi connectivity index (χ4n) is 1.25. The minimum absolute atomic E-state index is 0.226. The van der Waals surface area contributed by atoms with Crippen LogP contribution in [-0.2, 0) is 0 Å². The van der Waals surface area contributed by atoms with Crippen molar-refractivity contribution in [3.8, 4) is 0 Å². The fraction of sp³-hybridized carbons (Fsp3) is 0.0833. The van der Waals surface area contributed by atoms with Crippen LogP contribution in [0.1, 0.15) is 5.56 Å². The summed E-state index contributed by atoms with van der Waals surface area (Å²) in [5, 5.41) is 0.620. The molecule has 0 aliphatic heterocycles. The number of benzene rings is 1. The van der Waals surface area contributed by atoms with E-state index in [0.717, 1.165) is 40.0 Å². The zero-order valence-electron chi connectivity index (χ0n) is 8.88. The lowest BCUT2D eigenvalue weighted by Crippen LogP contribution is -1.88. The topological polar surface area (TPSA) is 12.9 Å². The van der Waals surface area contributed by atoms with Gasteiger partial charge in [0.1, 0.15) is 16.7 Å². The molecule has 5 heteroatoms. The Bertz CT molecular complexity index is 560. The molecule has 88 valence electrons. The zero-order chi connectivity index (χ0) is 12.4. The fourth-order valence-corrected chi connectivity index (χ4v) is 2.63. The van der Waals surface area contributed by atoms with Gasteiger partial charge in [-0.05, 0) is 52.7 Å². The van der Waals surface area contributed by atoms with Crippen molar-refractivity contribution in [3.63, 3.8) is 0 Å². The van der Waals surface area contributed by atoms with E-state index in [0.29, 0.717) is 5.03 Å². The predicted octanol–water partition coefficient (Wildman–Crippen LogP) is 4.58. The SMILES string of the molecule is Cc1ccnc(Sc2cc(F)ccc2F)c1Br. The molecule has 1 heterocycles. The van der Waals surface area contributed by atoms with Gasteiger partial charge in [-0.1, -0.05) is 11.8 Å². The van der Waals surface area contributed by atoms with Gasteiger partial charge in [-0.3, -0.25) is 0 Å². The molecular weight excluding hydrogens is 308 g/mol. The van der Waals surface area contributed by atoms with Crippen LogP contribution >= 0.6 is 27.7 Å². The van der Waals surface area contributed by atoms with E-state index in [1.807, 2.05) is 13.0 Å². The van der Waals surface area contributed by atoms with Gasteiger partial charge in [-0.2, -0.15) is 0 Å². The minimum Gasteiger partial charge on any atom is -0.248 e. The van der Waals surface area contributed by atoms with E-state index in [2.05, 4.69) is 20.9 Å². The van der Waals surface area contributed by atoms with Gasteiger partial charge < -0.3 is 0 Å². The molecule has 1 aromatic carbocycles. The molecule has 0 unspecified atom stereocenters. The number of pyridine rings is 1. The lowest BCUT2D eigenvalue weighted by Gasteiger charge is -2.06. The van der Waals surface area contributed by atoms with Gasteiger partial charge in [0.05, 0.1) is 9.37 Å². The molecule has 17 heavy (non-hydrogen) atoms. The van der Waals surface area contributed by atoms with E-state index in [1.165, 1.54) is 0 Å². The lowest BCUT2D eigenvalue weighted by molar-refractivity contribution is 0.577. The van der Waals surface area contributed by atoms with Crippen molar-refractivity contribution in [1.82, 2.24) is 4.98 Å². The largest absolute Gasteiger partial charge is 0.248 e. The van der Waals surface area contributed by atoms with Crippen LogP contribution in [0.4, 0.5) is 8.78 Å². The van der Waals surface area contributed by atoms with Crippen molar-refractivity contribution in [2.75, 3.05) is 0 Å². The van der Waals surface area contributed by atoms with Gasteiger partial charge in [-0.25, -0.2) is 13.8 Å². The monoisotopic (exact) mass is 315 g/mol. The third kappa shape index (κ3) is 2.84. The molecule has 0 bridgehead atoms. The molecule has 0 aliphatic carbocycles. The minimum atomic E-state index is -0.460. The summed E-state index contributed by atoms with van der Waals surface area (Å²) in [6.07, 6.45) is 1.64. The zero-order valence-corrected chi connectivity index (χ0v) is 11.3. The Balaban J connectivity index is 2.38. The summed E-state index contributed by atoms with van der Waals surface area (Å²) in [4.78, 5) is 4.36. The third-order valence-corrected chi connectivity index (χ3v) is 4.45. The molecule has 2 rings (SSSR count). The second-order valence-corrected chi connectivity index (χ2v) is 5.25. The number of aromatic nitrogens is 1. The number of rotatable bonds is 2. The highest BCUT2D eigenvalue weighted by Gasteiger charge is 2.10. The molecule has 2 aromatic rings. The first-order valence-electron chi connectivity index (χ1n) is 4.82. The molecule has 0 aliphatic rings. The molecule has 0 saturated heterocycles. The van der Waals surface area contributed by atoms with Crippen molar-refractivity contribution < 1.29 is 8.78 Å². The smallest absolute Gasteiger partial charge is 0.137 e. The number of nitrogens with zero attached hydrogens (tertiary/aromatic N) is 1. The second-order valence-electron chi connectivity index (χ2n) is 3.42. The number of hydrogen-bond donors (Lipinski definition) is 0. The Morgan fingerprint density at radius 2 is 2.00 bits per heavy atom. The summed E-state index contributed by atoms with van der Waals surface area (Å²) in [6, 6.07) is 5.21. The molecular formula is C12H8BrF2NS. The van der Waals surface area contributed by atoms with Crippen molar-refractivity contribution in [2.24, 2.45) is 0 Å². The van der Waals surface area contributed by atoms with Crippen LogP contribution in [0.15, 0.2) is 44.9 Å². The summed E-state index contributed by atoms with van der Waals surface area (Å²) >= 11 is 4.48. The third-order valence-electron chi connectivity index (χ3n) is 2.15. The van der Waals surface area contributed by atoms with Gasteiger partial charge in [0, 0.05) is 6.20 Å². The van der Waals surface area contributed by atoms with Crippen LogP contribution < -0.4 is 0 Å². The maximum Gasteiger partial charge on any atom is 0.137 e. The summed E-state index contributed by atoms with van der Waals surface area (Å²) in [7, 11) is 0. The Morgan fingerprint density at radius 3 is 2.76 bits per heavy atom. The van der Waals surface area contributed by atoms with Gasteiger partial charge in [0.2, 0.25) is 0 Å². The van der Waals surface area contributed by atoms with Crippen molar-refractivity contribution in [3.05, 3.63) is 52.1 Å². The van der Waals surface area contributed by atoms with E-state index in [9.17, 15) is 8.78 Å². The van der Waals surface area contributed by atoms with E-state index in [4.69, 9.17) is 0 Å². The molecule has 0 radical (unpaired) electrons. The molecule has 0 spiro atoms. The Kier molecular flexibility index (Phi) is 3.79. The molecule has 0 amide bonds. The maximum atomic E-state index is 13.5. The quantitative estimate of drug-likeness (QED) is 0.804. The summed E-state index contributed by atoms with van der Waals surface area (Å²) < 4.78 is 27.3. The van der Waals surface area contributed by atoms with E-state index in [1.54, 1.807) is 6.20 Å². The Hall–Kier alpha value is -0.940.